The number of halogens is 1. The number of carbonyl (C=O) groups excluding carboxylic acids is 1. The van der Waals surface area contributed by atoms with Crippen LogP contribution in [0.4, 0.5) is 11.8 Å². The normalized spacial score (nSPS) is 10.4. The number of nitrogens with two attached hydrogens (primary N) is 2. The van der Waals surface area contributed by atoms with Gasteiger partial charge in [0.15, 0.2) is 5.78 Å². The lowest BCUT2D eigenvalue weighted by atomic mass is 10.2. The van der Waals surface area contributed by atoms with Gasteiger partial charge in [0.05, 0.1) is 5.75 Å². The maximum Gasteiger partial charge on any atom is 0.223 e. The smallest absolute Gasteiger partial charge is 0.223 e. The second-order valence-electron chi connectivity index (χ2n) is 3.71. The average Bonchev–Trinajstić information content (AvgIpc) is 2.36. The third kappa shape index (κ3) is 3.93. The van der Waals surface area contributed by atoms with Crippen molar-refractivity contribution in [1.82, 2.24) is 9.97 Å². The predicted octanol–water partition coefficient (Wildman–Crippen LogP) is 2.38. The molecule has 2 aromatic rings. The van der Waals surface area contributed by atoms with Crippen LogP contribution in [0.1, 0.15) is 10.4 Å². The largest absolute Gasteiger partial charge is 0.383 e. The average molecular weight is 339 g/mol. The predicted molar refractivity (Wildman–Crippen MR) is 80.1 cm³/mol. The van der Waals surface area contributed by atoms with Gasteiger partial charge in [0.1, 0.15) is 10.8 Å². The van der Waals surface area contributed by atoms with Gasteiger partial charge in [-0.2, -0.15) is 4.98 Å². The summed E-state index contributed by atoms with van der Waals surface area (Å²) in [7, 11) is 0. The number of aromatic nitrogens is 2. The minimum atomic E-state index is 0.0215. The second-order valence-corrected chi connectivity index (χ2v) is 5.62. The Bertz CT molecular complexity index is 583. The summed E-state index contributed by atoms with van der Waals surface area (Å²) in [5.74, 6) is 0.704. The third-order valence-electron chi connectivity index (χ3n) is 2.26. The Morgan fingerprint density at radius 3 is 2.53 bits per heavy atom. The highest BCUT2D eigenvalue weighted by Crippen LogP contribution is 2.20. The molecule has 0 spiro atoms. The molecule has 0 unspecified atom stereocenters. The zero-order valence-corrected chi connectivity index (χ0v) is 12.2. The molecule has 0 amide bonds. The Kier molecular flexibility index (Phi) is 4.39. The van der Waals surface area contributed by atoms with Crippen LogP contribution in [0, 0.1) is 0 Å². The van der Waals surface area contributed by atoms with Crippen molar-refractivity contribution in [3.8, 4) is 0 Å². The summed E-state index contributed by atoms with van der Waals surface area (Å²) in [5, 5.41) is 0.593. The maximum atomic E-state index is 12.0. The van der Waals surface area contributed by atoms with Crippen molar-refractivity contribution in [3.63, 3.8) is 0 Å². The Hall–Kier alpha value is -1.60. The van der Waals surface area contributed by atoms with Crippen LogP contribution >= 0.6 is 27.7 Å². The summed E-state index contributed by atoms with van der Waals surface area (Å²) in [5.41, 5.74) is 11.7. The number of carbonyl (C=O) groups is 1. The number of benzene rings is 1. The van der Waals surface area contributed by atoms with Crippen LogP contribution in [0.2, 0.25) is 0 Å². The molecule has 5 nitrogen and oxygen atoms in total. The number of nitrogens with zero attached hydrogens (tertiary/aromatic N) is 2. The highest BCUT2D eigenvalue weighted by molar-refractivity contribution is 9.10. The lowest BCUT2D eigenvalue weighted by Crippen LogP contribution is -2.04. The van der Waals surface area contributed by atoms with E-state index in [1.165, 1.54) is 11.8 Å². The van der Waals surface area contributed by atoms with Crippen LogP contribution in [-0.4, -0.2) is 21.5 Å². The molecule has 2 rings (SSSR count). The monoisotopic (exact) mass is 338 g/mol. The Balaban J connectivity index is 2.02. The van der Waals surface area contributed by atoms with E-state index in [1.54, 1.807) is 18.2 Å². The van der Waals surface area contributed by atoms with Gasteiger partial charge in [0.2, 0.25) is 5.95 Å². The molecule has 0 aliphatic heterocycles. The first-order chi connectivity index (χ1) is 9.04. The highest BCUT2D eigenvalue weighted by atomic mass is 79.9. The fraction of sp³-hybridized carbons (Fsp3) is 0.0833. The van der Waals surface area contributed by atoms with Gasteiger partial charge in [-0.3, -0.25) is 4.79 Å². The summed E-state index contributed by atoms with van der Waals surface area (Å²) in [4.78, 5) is 19.7. The molecule has 0 saturated heterocycles. The van der Waals surface area contributed by atoms with Crippen LogP contribution in [0.15, 0.2) is 39.8 Å². The highest BCUT2D eigenvalue weighted by Gasteiger charge is 2.08. The molecule has 0 aliphatic rings. The fourth-order valence-electron chi connectivity index (χ4n) is 1.39. The number of hydrogen-bond acceptors (Lipinski definition) is 6. The van der Waals surface area contributed by atoms with Crippen molar-refractivity contribution < 1.29 is 4.79 Å². The molecule has 98 valence electrons. The van der Waals surface area contributed by atoms with Gasteiger partial charge in [-0.15, -0.1) is 0 Å². The van der Waals surface area contributed by atoms with E-state index in [9.17, 15) is 4.79 Å². The molecule has 1 aromatic carbocycles. The van der Waals surface area contributed by atoms with E-state index in [4.69, 9.17) is 11.5 Å². The molecule has 1 aromatic heterocycles. The zero-order chi connectivity index (χ0) is 13.8. The second kappa shape index (κ2) is 6.03. The molecule has 4 N–H and O–H groups in total. The van der Waals surface area contributed by atoms with E-state index in [-0.39, 0.29) is 17.5 Å². The number of thioether (sulfide) groups is 1. The van der Waals surface area contributed by atoms with E-state index in [2.05, 4.69) is 25.9 Å². The van der Waals surface area contributed by atoms with Crippen LogP contribution in [0.25, 0.3) is 0 Å². The lowest BCUT2D eigenvalue weighted by molar-refractivity contribution is 0.102. The van der Waals surface area contributed by atoms with Gasteiger partial charge in [0, 0.05) is 16.1 Å². The zero-order valence-electron chi connectivity index (χ0n) is 9.84. The van der Waals surface area contributed by atoms with E-state index in [1.807, 2.05) is 12.1 Å². The van der Waals surface area contributed by atoms with Crippen molar-refractivity contribution in [2.24, 2.45) is 0 Å². The molecular weight excluding hydrogens is 328 g/mol. The first kappa shape index (κ1) is 13.8. The molecule has 0 bridgehead atoms. The number of hydrogen-bond donors (Lipinski definition) is 2. The van der Waals surface area contributed by atoms with Crippen molar-refractivity contribution in [3.05, 3.63) is 40.4 Å². The van der Waals surface area contributed by atoms with Crippen LogP contribution in [-0.2, 0) is 0 Å². The summed E-state index contributed by atoms with van der Waals surface area (Å²) in [6.07, 6.45) is 0. The van der Waals surface area contributed by atoms with E-state index in [0.29, 0.717) is 16.4 Å². The van der Waals surface area contributed by atoms with Crippen LogP contribution < -0.4 is 11.5 Å². The Morgan fingerprint density at radius 2 is 1.89 bits per heavy atom. The molecule has 0 radical (unpaired) electrons. The summed E-state index contributed by atoms with van der Waals surface area (Å²) < 4.78 is 0.938. The van der Waals surface area contributed by atoms with Crippen molar-refractivity contribution in [1.29, 1.82) is 0 Å². The SMILES string of the molecule is Nc1cc(SCC(=O)c2ccc(Br)cc2)nc(N)n1. The van der Waals surface area contributed by atoms with Crippen molar-refractivity contribution in [2.75, 3.05) is 17.2 Å². The number of rotatable bonds is 4. The summed E-state index contributed by atoms with van der Waals surface area (Å²) in [6.45, 7) is 0. The maximum absolute atomic E-state index is 12.0. The van der Waals surface area contributed by atoms with Crippen molar-refractivity contribution in [2.45, 2.75) is 5.03 Å². The first-order valence-corrected chi connectivity index (χ1v) is 7.14. The Morgan fingerprint density at radius 1 is 1.21 bits per heavy atom. The lowest BCUT2D eigenvalue weighted by Gasteiger charge is -2.03. The molecule has 1 heterocycles. The fourth-order valence-corrected chi connectivity index (χ4v) is 2.47. The van der Waals surface area contributed by atoms with Gasteiger partial charge >= 0.3 is 0 Å². The minimum absolute atomic E-state index is 0.0215. The van der Waals surface area contributed by atoms with Crippen LogP contribution in [0.3, 0.4) is 0 Å². The molecule has 7 heteroatoms. The van der Waals surface area contributed by atoms with E-state index >= 15 is 0 Å². The topological polar surface area (TPSA) is 94.9 Å². The van der Waals surface area contributed by atoms with Gasteiger partial charge < -0.3 is 11.5 Å². The molecular formula is C12H11BrN4OS. The number of ketones is 1. The number of nitrogen functional groups attached to an aromatic ring is 2. The minimum Gasteiger partial charge on any atom is -0.383 e. The van der Waals surface area contributed by atoms with E-state index < -0.39 is 0 Å². The Labute approximate surface area is 122 Å². The number of Topliss-reactive ketones (excluding diaryl/α,β-unsaturated/α-hetero) is 1. The summed E-state index contributed by atoms with van der Waals surface area (Å²) >= 11 is 4.61. The van der Waals surface area contributed by atoms with Gasteiger partial charge in [0.25, 0.3) is 0 Å². The van der Waals surface area contributed by atoms with Gasteiger partial charge in [-0.25, -0.2) is 4.98 Å². The molecule has 0 aliphatic carbocycles. The quantitative estimate of drug-likeness (QED) is 0.504. The van der Waals surface area contributed by atoms with Gasteiger partial charge in [-0.1, -0.05) is 39.8 Å². The first-order valence-electron chi connectivity index (χ1n) is 5.36. The van der Waals surface area contributed by atoms with Gasteiger partial charge in [-0.05, 0) is 12.1 Å². The third-order valence-corrected chi connectivity index (χ3v) is 3.70. The van der Waals surface area contributed by atoms with Crippen molar-refractivity contribution >= 4 is 45.2 Å². The standard InChI is InChI=1S/C12H11BrN4OS/c13-8-3-1-7(2-4-8)9(18)6-19-11-5-10(14)16-12(15)17-11/h1-5H,6H2,(H4,14,15,16,17). The summed E-state index contributed by atoms with van der Waals surface area (Å²) in [6, 6.07) is 8.80. The van der Waals surface area contributed by atoms with E-state index in [0.717, 1.165) is 4.47 Å². The molecule has 0 saturated carbocycles. The van der Waals surface area contributed by atoms with Crippen LogP contribution in [0.5, 0.6) is 0 Å². The number of anilines is 2. The molecule has 0 atom stereocenters. The molecule has 19 heavy (non-hydrogen) atoms. The molecule has 0 fully saturated rings.